The number of halogens is 2. The zero-order chi connectivity index (χ0) is 11.4. The third-order valence-electron chi connectivity index (χ3n) is 2.65. The van der Waals surface area contributed by atoms with Crippen LogP contribution < -0.4 is 5.32 Å². The third kappa shape index (κ3) is 3.84. The van der Waals surface area contributed by atoms with Gasteiger partial charge in [-0.3, -0.25) is 0 Å². The smallest absolute Gasteiger partial charge is 0.0700 e. The molecule has 0 spiro atoms. The molecule has 1 aromatic carbocycles. The van der Waals surface area contributed by atoms with E-state index in [4.69, 9.17) is 4.74 Å². The van der Waals surface area contributed by atoms with Gasteiger partial charge in [0.15, 0.2) is 0 Å². The lowest BCUT2D eigenvalue weighted by Crippen LogP contribution is -2.25. The Balaban J connectivity index is 1.80. The van der Waals surface area contributed by atoms with E-state index in [1.807, 2.05) is 6.07 Å². The van der Waals surface area contributed by atoms with E-state index in [1.54, 1.807) is 0 Å². The second kappa shape index (κ2) is 6.15. The van der Waals surface area contributed by atoms with Gasteiger partial charge in [-0.25, -0.2) is 0 Å². The van der Waals surface area contributed by atoms with Crippen LogP contribution in [0.15, 0.2) is 27.1 Å². The Bertz CT molecular complexity index is 331. The van der Waals surface area contributed by atoms with E-state index in [0.717, 1.165) is 28.6 Å². The summed E-state index contributed by atoms with van der Waals surface area (Å²) in [7, 11) is 0. The first-order valence-electron chi connectivity index (χ1n) is 5.51. The van der Waals surface area contributed by atoms with Crippen LogP contribution in [0.4, 0.5) is 0 Å². The highest BCUT2D eigenvalue weighted by molar-refractivity contribution is 9.11. The Morgan fingerprint density at radius 2 is 2.00 bits per heavy atom. The molecule has 0 radical (unpaired) electrons. The van der Waals surface area contributed by atoms with E-state index in [9.17, 15) is 0 Å². The fourth-order valence-corrected chi connectivity index (χ4v) is 3.28. The SMILES string of the molecule is Brc1cc(Br)cc(CNCC2CCCO2)c1. The molecule has 1 saturated heterocycles. The number of hydrogen-bond donors (Lipinski definition) is 1. The van der Waals surface area contributed by atoms with Gasteiger partial charge in [0.05, 0.1) is 6.10 Å². The summed E-state index contributed by atoms with van der Waals surface area (Å²) in [5, 5.41) is 3.43. The molecular formula is C12H15Br2NO. The van der Waals surface area contributed by atoms with Crippen LogP contribution in [0.25, 0.3) is 0 Å². The fraction of sp³-hybridized carbons (Fsp3) is 0.500. The van der Waals surface area contributed by atoms with Gasteiger partial charge in [-0.1, -0.05) is 31.9 Å². The van der Waals surface area contributed by atoms with Crippen molar-refractivity contribution in [3.05, 3.63) is 32.7 Å². The van der Waals surface area contributed by atoms with E-state index in [-0.39, 0.29) is 0 Å². The maximum Gasteiger partial charge on any atom is 0.0700 e. The molecule has 0 bridgehead atoms. The van der Waals surface area contributed by atoms with Crippen LogP contribution in [0.1, 0.15) is 18.4 Å². The van der Waals surface area contributed by atoms with Gasteiger partial charge in [0.2, 0.25) is 0 Å². The lowest BCUT2D eigenvalue weighted by atomic mass is 10.2. The van der Waals surface area contributed by atoms with Crippen molar-refractivity contribution < 1.29 is 4.74 Å². The summed E-state index contributed by atoms with van der Waals surface area (Å²) in [6.07, 6.45) is 2.81. The van der Waals surface area contributed by atoms with Crippen LogP contribution in [-0.2, 0) is 11.3 Å². The molecule has 0 aromatic heterocycles. The first kappa shape index (κ1) is 12.6. The molecule has 4 heteroatoms. The largest absolute Gasteiger partial charge is 0.377 e. The summed E-state index contributed by atoms with van der Waals surface area (Å²) in [5.74, 6) is 0. The molecule has 16 heavy (non-hydrogen) atoms. The lowest BCUT2D eigenvalue weighted by Gasteiger charge is -2.11. The molecule has 1 aliphatic rings. The summed E-state index contributed by atoms with van der Waals surface area (Å²) in [4.78, 5) is 0. The van der Waals surface area contributed by atoms with Gasteiger partial charge in [0.25, 0.3) is 0 Å². The summed E-state index contributed by atoms with van der Waals surface area (Å²) in [6.45, 7) is 2.76. The lowest BCUT2D eigenvalue weighted by molar-refractivity contribution is 0.110. The highest BCUT2D eigenvalue weighted by Crippen LogP contribution is 2.20. The van der Waals surface area contributed by atoms with Crippen molar-refractivity contribution in [2.75, 3.05) is 13.2 Å². The molecule has 1 N–H and O–H groups in total. The summed E-state index contributed by atoms with van der Waals surface area (Å²) in [6, 6.07) is 6.31. The molecule has 0 amide bonds. The van der Waals surface area contributed by atoms with Gasteiger partial charge in [-0.15, -0.1) is 0 Å². The summed E-state index contributed by atoms with van der Waals surface area (Å²) >= 11 is 6.98. The van der Waals surface area contributed by atoms with Crippen molar-refractivity contribution >= 4 is 31.9 Å². The molecular weight excluding hydrogens is 334 g/mol. The molecule has 1 unspecified atom stereocenters. The zero-order valence-electron chi connectivity index (χ0n) is 9.01. The first-order chi connectivity index (χ1) is 7.74. The maximum absolute atomic E-state index is 5.56. The molecule has 1 atom stereocenters. The van der Waals surface area contributed by atoms with Gasteiger partial charge in [0.1, 0.15) is 0 Å². The topological polar surface area (TPSA) is 21.3 Å². The van der Waals surface area contributed by atoms with E-state index in [0.29, 0.717) is 6.10 Å². The highest BCUT2D eigenvalue weighted by Gasteiger charge is 2.14. The van der Waals surface area contributed by atoms with Crippen LogP contribution in [0.3, 0.4) is 0 Å². The van der Waals surface area contributed by atoms with Gasteiger partial charge in [-0.2, -0.15) is 0 Å². The Labute approximate surface area is 113 Å². The number of rotatable bonds is 4. The van der Waals surface area contributed by atoms with Crippen molar-refractivity contribution in [3.8, 4) is 0 Å². The highest BCUT2D eigenvalue weighted by atomic mass is 79.9. The van der Waals surface area contributed by atoms with Crippen LogP contribution in [0.2, 0.25) is 0 Å². The van der Waals surface area contributed by atoms with Gasteiger partial charge in [0, 0.05) is 28.6 Å². The minimum absolute atomic E-state index is 0.413. The van der Waals surface area contributed by atoms with E-state index >= 15 is 0 Å². The molecule has 0 saturated carbocycles. The molecule has 2 nitrogen and oxygen atoms in total. The minimum atomic E-state index is 0.413. The zero-order valence-corrected chi connectivity index (χ0v) is 12.2. The third-order valence-corrected chi connectivity index (χ3v) is 3.56. The van der Waals surface area contributed by atoms with Crippen molar-refractivity contribution in [1.29, 1.82) is 0 Å². The number of ether oxygens (including phenoxy) is 1. The Hall–Kier alpha value is 0.1000. The van der Waals surface area contributed by atoms with Crippen molar-refractivity contribution in [1.82, 2.24) is 5.32 Å². The normalized spacial score (nSPS) is 20.2. The van der Waals surface area contributed by atoms with Gasteiger partial charge < -0.3 is 10.1 Å². The summed E-state index contributed by atoms with van der Waals surface area (Å²) in [5.41, 5.74) is 1.28. The Morgan fingerprint density at radius 1 is 1.25 bits per heavy atom. The number of hydrogen-bond acceptors (Lipinski definition) is 2. The molecule has 0 aliphatic carbocycles. The predicted molar refractivity (Wildman–Crippen MR) is 72.5 cm³/mol. The van der Waals surface area contributed by atoms with Crippen LogP contribution >= 0.6 is 31.9 Å². The maximum atomic E-state index is 5.56. The number of benzene rings is 1. The van der Waals surface area contributed by atoms with E-state index < -0.39 is 0 Å². The van der Waals surface area contributed by atoms with Gasteiger partial charge in [-0.05, 0) is 36.6 Å². The monoisotopic (exact) mass is 347 g/mol. The van der Waals surface area contributed by atoms with Crippen molar-refractivity contribution in [2.45, 2.75) is 25.5 Å². The standard InChI is InChI=1S/C12H15Br2NO/c13-10-4-9(5-11(14)6-10)7-15-8-12-2-1-3-16-12/h4-6,12,15H,1-3,7-8H2. The van der Waals surface area contributed by atoms with Crippen LogP contribution in [0.5, 0.6) is 0 Å². The summed E-state index contributed by atoms with van der Waals surface area (Å²) < 4.78 is 7.77. The molecule has 1 aromatic rings. The fourth-order valence-electron chi connectivity index (χ4n) is 1.90. The average molecular weight is 349 g/mol. The van der Waals surface area contributed by atoms with Crippen molar-refractivity contribution in [2.24, 2.45) is 0 Å². The molecule has 1 aliphatic heterocycles. The molecule has 1 heterocycles. The Kier molecular flexibility index (Phi) is 4.82. The molecule has 1 fully saturated rings. The van der Waals surface area contributed by atoms with Crippen LogP contribution in [-0.4, -0.2) is 19.3 Å². The average Bonchev–Trinajstić information content (AvgIpc) is 2.69. The second-order valence-corrected chi connectivity index (χ2v) is 5.87. The first-order valence-corrected chi connectivity index (χ1v) is 7.10. The van der Waals surface area contributed by atoms with E-state index in [2.05, 4.69) is 49.3 Å². The second-order valence-electron chi connectivity index (χ2n) is 4.04. The van der Waals surface area contributed by atoms with Crippen LogP contribution in [0, 0.1) is 0 Å². The van der Waals surface area contributed by atoms with Gasteiger partial charge >= 0.3 is 0 Å². The van der Waals surface area contributed by atoms with Crippen molar-refractivity contribution in [3.63, 3.8) is 0 Å². The Morgan fingerprint density at radius 3 is 2.62 bits per heavy atom. The quantitative estimate of drug-likeness (QED) is 0.899. The minimum Gasteiger partial charge on any atom is -0.377 e. The molecule has 2 rings (SSSR count). The number of nitrogens with one attached hydrogen (secondary N) is 1. The predicted octanol–water partition coefficient (Wildman–Crippen LogP) is 3.48. The molecule has 88 valence electrons. The van der Waals surface area contributed by atoms with E-state index in [1.165, 1.54) is 18.4 Å².